The van der Waals surface area contributed by atoms with Gasteiger partial charge in [0.2, 0.25) is 5.88 Å². The maximum absolute atomic E-state index is 10.5. The second-order valence-electron chi connectivity index (χ2n) is 4.84. The van der Waals surface area contributed by atoms with E-state index in [1.807, 2.05) is 0 Å². The van der Waals surface area contributed by atoms with Gasteiger partial charge < -0.3 is 9.84 Å². The first kappa shape index (κ1) is 12.8. The highest BCUT2D eigenvalue weighted by Gasteiger charge is 2.40. The van der Waals surface area contributed by atoms with Crippen LogP contribution in [0.2, 0.25) is 0 Å². The summed E-state index contributed by atoms with van der Waals surface area (Å²) in [6, 6.07) is 7.60. The predicted molar refractivity (Wildman–Crippen MR) is 66.9 cm³/mol. The van der Waals surface area contributed by atoms with E-state index >= 15 is 0 Å². The van der Waals surface area contributed by atoms with E-state index in [1.54, 1.807) is 25.3 Å². The lowest BCUT2D eigenvalue weighted by Gasteiger charge is -2.34. The van der Waals surface area contributed by atoms with Crippen molar-refractivity contribution in [1.29, 1.82) is 5.26 Å². The van der Waals surface area contributed by atoms with Crippen molar-refractivity contribution in [3.63, 3.8) is 0 Å². The number of hydrogen-bond acceptors (Lipinski definition) is 4. The third-order valence-electron chi connectivity index (χ3n) is 3.73. The second kappa shape index (κ2) is 5.36. The molecule has 0 aliphatic heterocycles. The first-order valence-electron chi connectivity index (χ1n) is 6.32. The summed E-state index contributed by atoms with van der Waals surface area (Å²) in [4.78, 5) is 4.24. The second-order valence-corrected chi connectivity index (χ2v) is 4.84. The van der Waals surface area contributed by atoms with Gasteiger partial charge in [0.25, 0.3) is 0 Å². The summed E-state index contributed by atoms with van der Waals surface area (Å²) in [6.07, 6.45) is 3.77. The highest BCUT2D eigenvalue weighted by Crippen LogP contribution is 2.45. The Labute approximate surface area is 107 Å². The Balaban J connectivity index is 2.28. The topological polar surface area (TPSA) is 66.1 Å². The van der Waals surface area contributed by atoms with E-state index in [0.29, 0.717) is 11.6 Å². The molecular weight excluding hydrogens is 228 g/mol. The van der Waals surface area contributed by atoms with Crippen molar-refractivity contribution in [2.75, 3.05) is 7.11 Å². The Morgan fingerprint density at radius 3 is 2.72 bits per heavy atom. The molecule has 0 amide bonds. The molecule has 1 unspecified atom stereocenters. The predicted octanol–water partition coefficient (Wildman–Crippen LogP) is 2.60. The molecule has 0 saturated heterocycles. The average Bonchev–Trinajstić information content (AvgIpc) is 2.47. The number of aromatic nitrogens is 1. The lowest BCUT2D eigenvalue weighted by Crippen LogP contribution is -2.30. The molecule has 0 radical (unpaired) electrons. The smallest absolute Gasteiger partial charge is 0.213 e. The van der Waals surface area contributed by atoms with Crippen LogP contribution in [-0.4, -0.2) is 17.2 Å². The molecule has 4 heteroatoms. The van der Waals surface area contributed by atoms with E-state index in [1.165, 1.54) is 0 Å². The van der Waals surface area contributed by atoms with Gasteiger partial charge in [0.05, 0.1) is 24.3 Å². The van der Waals surface area contributed by atoms with Crippen LogP contribution in [0.15, 0.2) is 18.2 Å². The van der Waals surface area contributed by atoms with Crippen LogP contribution in [0.25, 0.3) is 0 Å². The van der Waals surface area contributed by atoms with Crippen LogP contribution in [-0.2, 0) is 0 Å². The summed E-state index contributed by atoms with van der Waals surface area (Å²) < 4.78 is 5.05. The zero-order valence-corrected chi connectivity index (χ0v) is 10.6. The highest BCUT2D eigenvalue weighted by molar-refractivity contribution is 5.21. The van der Waals surface area contributed by atoms with Crippen LogP contribution in [0.3, 0.4) is 0 Å². The number of nitrogens with zero attached hydrogens (tertiary/aromatic N) is 2. The number of nitriles is 1. The van der Waals surface area contributed by atoms with Crippen molar-refractivity contribution >= 4 is 0 Å². The molecule has 1 atom stereocenters. The molecule has 1 N–H and O–H groups in total. The van der Waals surface area contributed by atoms with Crippen LogP contribution in [0, 0.1) is 16.7 Å². The Bertz CT molecular complexity index is 447. The average molecular weight is 246 g/mol. The standard InChI is InChI=1S/C14H18N2O2/c1-18-12-7-5-6-11(16-12)13(17)14(10-15)8-3-2-4-9-14/h5-7,13,17H,2-4,8-9H2,1H3. The van der Waals surface area contributed by atoms with E-state index in [9.17, 15) is 10.4 Å². The molecule has 0 aromatic carbocycles. The molecule has 1 aromatic rings. The SMILES string of the molecule is COc1cccc(C(O)C2(C#N)CCCCC2)n1. The van der Waals surface area contributed by atoms with Gasteiger partial charge in [-0.1, -0.05) is 25.3 Å². The van der Waals surface area contributed by atoms with Gasteiger partial charge in [-0.2, -0.15) is 5.26 Å². The largest absolute Gasteiger partial charge is 0.481 e. The van der Waals surface area contributed by atoms with E-state index in [2.05, 4.69) is 11.1 Å². The van der Waals surface area contributed by atoms with Crippen LogP contribution in [0.5, 0.6) is 5.88 Å². The summed E-state index contributed by atoms with van der Waals surface area (Å²) in [5.74, 6) is 0.468. The Hall–Kier alpha value is -1.60. The number of rotatable bonds is 3. The van der Waals surface area contributed by atoms with Gasteiger partial charge in [-0.25, -0.2) is 4.98 Å². The van der Waals surface area contributed by atoms with Crippen molar-refractivity contribution in [1.82, 2.24) is 4.98 Å². The number of ether oxygens (including phenoxy) is 1. The first-order valence-corrected chi connectivity index (χ1v) is 6.32. The number of aliphatic hydroxyl groups is 1. The minimum atomic E-state index is -0.835. The number of pyridine rings is 1. The lowest BCUT2D eigenvalue weighted by atomic mass is 9.70. The summed E-state index contributed by atoms with van der Waals surface area (Å²) in [5.41, 5.74) is -0.157. The molecular formula is C14H18N2O2. The molecule has 1 aliphatic rings. The molecule has 18 heavy (non-hydrogen) atoms. The molecule has 96 valence electrons. The van der Waals surface area contributed by atoms with E-state index in [-0.39, 0.29) is 0 Å². The van der Waals surface area contributed by atoms with Crippen molar-refractivity contribution < 1.29 is 9.84 Å². The van der Waals surface area contributed by atoms with Gasteiger partial charge in [0.15, 0.2) is 0 Å². The zero-order chi connectivity index (χ0) is 13.0. The quantitative estimate of drug-likeness (QED) is 0.890. The van der Waals surface area contributed by atoms with Gasteiger partial charge in [-0.05, 0) is 18.9 Å². The Morgan fingerprint density at radius 1 is 1.39 bits per heavy atom. The summed E-state index contributed by atoms with van der Waals surface area (Å²) >= 11 is 0. The maximum atomic E-state index is 10.5. The van der Waals surface area contributed by atoms with Gasteiger partial charge in [-0.15, -0.1) is 0 Å². The summed E-state index contributed by atoms with van der Waals surface area (Å²) in [6.45, 7) is 0. The summed E-state index contributed by atoms with van der Waals surface area (Å²) in [7, 11) is 1.54. The molecule has 1 heterocycles. The fourth-order valence-corrected chi connectivity index (χ4v) is 2.61. The van der Waals surface area contributed by atoms with Crippen LogP contribution in [0.4, 0.5) is 0 Å². The number of aliphatic hydroxyl groups excluding tert-OH is 1. The van der Waals surface area contributed by atoms with Gasteiger partial charge in [0.1, 0.15) is 6.10 Å². The van der Waals surface area contributed by atoms with E-state index < -0.39 is 11.5 Å². The fraction of sp³-hybridized carbons (Fsp3) is 0.571. The molecule has 0 bridgehead atoms. The summed E-state index contributed by atoms with van der Waals surface area (Å²) in [5, 5.41) is 19.9. The van der Waals surface area contributed by atoms with E-state index in [0.717, 1.165) is 32.1 Å². The van der Waals surface area contributed by atoms with Crippen molar-refractivity contribution in [2.45, 2.75) is 38.2 Å². The van der Waals surface area contributed by atoms with Gasteiger partial charge >= 0.3 is 0 Å². The molecule has 1 aromatic heterocycles. The highest BCUT2D eigenvalue weighted by atomic mass is 16.5. The van der Waals surface area contributed by atoms with Crippen LogP contribution < -0.4 is 4.74 Å². The molecule has 2 rings (SSSR count). The normalized spacial score (nSPS) is 19.8. The fourth-order valence-electron chi connectivity index (χ4n) is 2.61. The van der Waals surface area contributed by atoms with Gasteiger partial charge in [0, 0.05) is 6.07 Å². The van der Waals surface area contributed by atoms with Crippen molar-refractivity contribution in [3.05, 3.63) is 23.9 Å². The monoisotopic (exact) mass is 246 g/mol. The molecule has 0 spiro atoms. The number of methoxy groups -OCH3 is 1. The molecule has 1 aliphatic carbocycles. The van der Waals surface area contributed by atoms with Crippen molar-refractivity contribution in [3.8, 4) is 11.9 Å². The molecule has 1 fully saturated rings. The van der Waals surface area contributed by atoms with Crippen LogP contribution >= 0.6 is 0 Å². The maximum Gasteiger partial charge on any atom is 0.213 e. The zero-order valence-electron chi connectivity index (χ0n) is 10.6. The third-order valence-corrected chi connectivity index (χ3v) is 3.73. The van der Waals surface area contributed by atoms with E-state index in [4.69, 9.17) is 4.74 Å². The molecule has 1 saturated carbocycles. The number of hydrogen-bond donors (Lipinski definition) is 1. The minimum Gasteiger partial charge on any atom is -0.481 e. The first-order chi connectivity index (χ1) is 8.72. The molecule has 4 nitrogen and oxygen atoms in total. The Morgan fingerprint density at radius 2 is 2.11 bits per heavy atom. The lowest BCUT2D eigenvalue weighted by molar-refractivity contribution is 0.0324. The minimum absolute atomic E-state index is 0.468. The van der Waals surface area contributed by atoms with Crippen molar-refractivity contribution in [2.24, 2.45) is 5.41 Å². The Kier molecular flexibility index (Phi) is 3.83. The van der Waals surface area contributed by atoms with Gasteiger partial charge in [-0.3, -0.25) is 0 Å². The van der Waals surface area contributed by atoms with Crippen LogP contribution in [0.1, 0.15) is 43.9 Å². The third kappa shape index (κ3) is 2.32.